The van der Waals surface area contributed by atoms with Gasteiger partial charge in [-0.3, -0.25) is 14.5 Å². The highest BCUT2D eigenvalue weighted by molar-refractivity contribution is 6.43. The third kappa shape index (κ3) is 4.14. The smallest absolute Gasteiger partial charge is 0.272 e. The van der Waals surface area contributed by atoms with Gasteiger partial charge >= 0.3 is 0 Å². The quantitative estimate of drug-likeness (QED) is 0.689. The molecule has 0 aromatic carbocycles. The van der Waals surface area contributed by atoms with E-state index in [0.717, 1.165) is 24.3 Å². The lowest BCUT2D eigenvalue weighted by molar-refractivity contribution is 0.0725. The van der Waals surface area contributed by atoms with Gasteiger partial charge in [0, 0.05) is 19.2 Å². The molecular weight excluding hydrogens is 352 g/mol. The zero-order valence-electron chi connectivity index (χ0n) is 14.5. The summed E-state index contributed by atoms with van der Waals surface area (Å²) in [6, 6.07) is 1.79. The Balaban J connectivity index is 1.68. The molecule has 26 heavy (non-hydrogen) atoms. The van der Waals surface area contributed by atoms with E-state index in [1.54, 1.807) is 15.6 Å². The molecule has 1 aromatic heterocycles. The highest BCUT2D eigenvalue weighted by atomic mass is 35.5. The molecule has 1 aromatic rings. The predicted molar refractivity (Wildman–Crippen MR) is 102 cm³/mol. The van der Waals surface area contributed by atoms with Crippen LogP contribution in [0.3, 0.4) is 0 Å². The molecule has 2 heterocycles. The molecule has 7 heteroatoms. The second-order valence-electron chi connectivity index (χ2n) is 6.02. The van der Waals surface area contributed by atoms with Crippen molar-refractivity contribution in [2.24, 2.45) is 4.99 Å². The summed E-state index contributed by atoms with van der Waals surface area (Å²) in [7, 11) is 0. The van der Waals surface area contributed by atoms with Crippen molar-refractivity contribution in [3.05, 3.63) is 65.8 Å². The van der Waals surface area contributed by atoms with Crippen LogP contribution in [0.5, 0.6) is 0 Å². The van der Waals surface area contributed by atoms with Crippen LogP contribution in [0, 0.1) is 0 Å². The van der Waals surface area contributed by atoms with Gasteiger partial charge in [-0.05, 0) is 18.6 Å². The minimum absolute atomic E-state index is 0.107. The van der Waals surface area contributed by atoms with Gasteiger partial charge in [0.1, 0.15) is 18.0 Å². The molecule has 1 aliphatic carbocycles. The van der Waals surface area contributed by atoms with Gasteiger partial charge in [-0.15, -0.1) is 0 Å². The molecule has 2 aliphatic rings. The predicted octanol–water partition coefficient (Wildman–Crippen LogP) is 3.43. The summed E-state index contributed by atoms with van der Waals surface area (Å²) in [6.45, 7) is 9.05. The second kappa shape index (κ2) is 8.19. The lowest BCUT2D eigenvalue weighted by Gasteiger charge is -2.27. The van der Waals surface area contributed by atoms with Gasteiger partial charge in [0.2, 0.25) is 0 Å². The number of carbonyl (C=O) groups excluding carboxylic acids is 1. The second-order valence-corrected chi connectivity index (χ2v) is 6.48. The number of nitrogens with zero attached hydrogens (tertiary/aromatic N) is 4. The third-order valence-electron chi connectivity index (χ3n) is 4.20. The fraction of sp³-hybridized carbons (Fsp3) is 0.316. The Bertz CT molecular complexity index is 820. The van der Waals surface area contributed by atoms with Gasteiger partial charge in [0.15, 0.2) is 0 Å². The van der Waals surface area contributed by atoms with Gasteiger partial charge in [-0.1, -0.05) is 36.9 Å². The van der Waals surface area contributed by atoms with E-state index in [1.807, 2.05) is 12.2 Å². The normalized spacial score (nSPS) is 17.0. The summed E-state index contributed by atoms with van der Waals surface area (Å²) >= 11 is 5.95. The van der Waals surface area contributed by atoms with E-state index in [1.165, 1.54) is 6.20 Å². The van der Waals surface area contributed by atoms with E-state index in [2.05, 4.69) is 29.3 Å². The molecule has 0 atom stereocenters. The van der Waals surface area contributed by atoms with E-state index in [9.17, 15) is 4.79 Å². The zero-order chi connectivity index (χ0) is 18.5. The van der Waals surface area contributed by atoms with E-state index in [-0.39, 0.29) is 5.91 Å². The summed E-state index contributed by atoms with van der Waals surface area (Å²) in [4.78, 5) is 18.5. The molecule has 0 unspecified atom stereocenters. The Hall–Kier alpha value is -2.60. The zero-order valence-corrected chi connectivity index (χ0v) is 15.3. The summed E-state index contributed by atoms with van der Waals surface area (Å²) in [5.74, 6) is 0.835. The van der Waals surface area contributed by atoms with Crippen LogP contribution < -0.4 is 0 Å². The summed E-state index contributed by atoms with van der Waals surface area (Å²) in [6.07, 6.45) is 9.34. The van der Waals surface area contributed by atoms with Crippen molar-refractivity contribution in [2.45, 2.75) is 26.0 Å². The fourth-order valence-corrected chi connectivity index (χ4v) is 2.98. The number of hydrogen-bond acceptors (Lipinski definition) is 4. The number of amides is 1. The number of allylic oxidation sites excluding steroid dienone is 4. The van der Waals surface area contributed by atoms with Crippen molar-refractivity contribution in [3.63, 3.8) is 0 Å². The molecule has 3 rings (SSSR count). The summed E-state index contributed by atoms with van der Waals surface area (Å²) in [5.41, 5.74) is 1.82. The van der Waals surface area contributed by atoms with Crippen molar-refractivity contribution in [1.82, 2.24) is 14.7 Å². The standard InChI is InChI=1S/C19H21ClN4O2/c1-3-21-17(14(2)20)12-23-9-10-24-18(19(23)25)11-15(22-24)13-26-16-7-5-4-6-8-16/h3-5,7,11H,1-2,6,8-10,12-13H2. The van der Waals surface area contributed by atoms with Crippen molar-refractivity contribution < 1.29 is 9.53 Å². The fourth-order valence-electron chi connectivity index (χ4n) is 2.87. The average molecular weight is 373 g/mol. The number of halogens is 1. The number of hydrogen-bond donors (Lipinski definition) is 0. The molecule has 0 saturated heterocycles. The van der Waals surface area contributed by atoms with Crippen LogP contribution in [0.25, 0.3) is 0 Å². The van der Waals surface area contributed by atoms with Crippen LogP contribution in [0.1, 0.15) is 29.0 Å². The van der Waals surface area contributed by atoms with Crippen molar-refractivity contribution in [3.8, 4) is 0 Å². The average Bonchev–Trinajstić information content (AvgIpc) is 3.06. The molecule has 136 valence electrons. The van der Waals surface area contributed by atoms with Crippen LogP contribution in [0.4, 0.5) is 0 Å². The maximum Gasteiger partial charge on any atom is 0.272 e. The van der Waals surface area contributed by atoms with Gasteiger partial charge < -0.3 is 9.64 Å². The number of aliphatic imine (C=N–C) groups is 1. The molecule has 0 N–H and O–H groups in total. The maximum absolute atomic E-state index is 12.7. The van der Waals surface area contributed by atoms with Crippen molar-refractivity contribution >= 4 is 23.2 Å². The Morgan fingerprint density at radius 2 is 2.31 bits per heavy atom. The van der Waals surface area contributed by atoms with Crippen LogP contribution in [-0.4, -0.2) is 39.4 Å². The van der Waals surface area contributed by atoms with Crippen molar-refractivity contribution in [1.29, 1.82) is 0 Å². The minimum Gasteiger partial charge on any atom is -0.492 e. The van der Waals surface area contributed by atoms with Gasteiger partial charge in [-0.25, -0.2) is 0 Å². The Morgan fingerprint density at radius 3 is 3.00 bits per heavy atom. The van der Waals surface area contributed by atoms with Gasteiger partial charge in [0.25, 0.3) is 5.91 Å². The van der Waals surface area contributed by atoms with Crippen LogP contribution in [0.15, 0.2) is 59.4 Å². The number of ether oxygens (including phenoxy) is 1. The van der Waals surface area contributed by atoms with E-state index >= 15 is 0 Å². The van der Waals surface area contributed by atoms with Crippen LogP contribution in [-0.2, 0) is 17.9 Å². The van der Waals surface area contributed by atoms with E-state index < -0.39 is 0 Å². The highest BCUT2D eigenvalue weighted by Gasteiger charge is 2.27. The molecule has 0 spiro atoms. The minimum atomic E-state index is -0.107. The molecule has 6 nitrogen and oxygen atoms in total. The topological polar surface area (TPSA) is 59.7 Å². The number of aromatic nitrogens is 2. The molecule has 1 aliphatic heterocycles. The molecule has 0 saturated carbocycles. The number of rotatable bonds is 7. The van der Waals surface area contributed by atoms with Crippen LogP contribution >= 0.6 is 11.6 Å². The van der Waals surface area contributed by atoms with Crippen molar-refractivity contribution in [2.75, 3.05) is 13.1 Å². The number of fused-ring (bicyclic) bond motifs is 1. The van der Waals surface area contributed by atoms with Crippen LogP contribution in [0.2, 0.25) is 0 Å². The highest BCUT2D eigenvalue weighted by Crippen LogP contribution is 2.18. The molecule has 0 fully saturated rings. The first-order chi connectivity index (χ1) is 12.6. The first-order valence-corrected chi connectivity index (χ1v) is 8.83. The number of carbonyl (C=O) groups is 1. The monoisotopic (exact) mass is 372 g/mol. The Morgan fingerprint density at radius 1 is 1.46 bits per heavy atom. The first kappa shape index (κ1) is 18.2. The third-order valence-corrected chi connectivity index (χ3v) is 4.42. The molecular formula is C19H21ClN4O2. The maximum atomic E-state index is 12.7. The molecule has 0 bridgehead atoms. The van der Waals surface area contributed by atoms with Gasteiger partial charge in [0.05, 0.1) is 29.6 Å². The summed E-state index contributed by atoms with van der Waals surface area (Å²) in [5, 5.41) is 4.79. The largest absolute Gasteiger partial charge is 0.492 e. The lowest BCUT2D eigenvalue weighted by Crippen LogP contribution is -2.43. The SMILES string of the molecule is C=CN=C(CN1CCn2nc(COC3=CC=CCC3)cc2C1=O)C(=C)Cl. The Labute approximate surface area is 157 Å². The first-order valence-electron chi connectivity index (χ1n) is 8.45. The molecule has 1 amide bonds. The van der Waals surface area contributed by atoms with Gasteiger partial charge in [-0.2, -0.15) is 5.10 Å². The lowest BCUT2D eigenvalue weighted by atomic mass is 10.2. The Kier molecular flexibility index (Phi) is 5.73. The van der Waals surface area contributed by atoms with E-state index in [0.29, 0.717) is 42.7 Å². The summed E-state index contributed by atoms with van der Waals surface area (Å²) < 4.78 is 7.52. The van der Waals surface area contributed by atoms with E-state index in [4.69, 9.17) is 16.3 Å². The molecule has 0 radical (unpaired) electrons.